The summed E-state index contributed by atoms with van der Waals surface area (Å²) in [5.74, 6) is 1.14. The van der Waals surface area contributed by atoms with Crippen molar-refractivity contribution in [3.63, 3.8) is 0 Å². The monoisotopic (exact) mass is 365 g/mol. The van der Waals surface area contributed by atoms with Gasteiger partial charge in [0.2, 0.25) is 10.0 Å². The lowest BCUT2D eigenvalue weighted by atomic mass is 10.5. The average Bonchev–Trinajstić information content (AvgIpc) is 2.72. The fourth-order valence-electron chi connectivity index (χ4n) is 1.41. The number of sulfonamides is 1. The van der Waals surface area contributed by atoms with E-state index in [4.69, 9.17) is 11.5 Å². The van der Waals surface area contributed by atoms with Crippen LogP contribution in [0.4, 0.5) is 0 Å². The third-order valence-electron chi connectivity index (χ3n) is 2.22. The maximum atomic E-state index is 12.4. The van der Waals surface area contributed by atoms with Crippen molar-refractivity contribution in [2.24, 2.45) is 0 Å². The van der Waals surface area contributed by atoms with Crippen LogP contribution < -0.4 is 0 Å². The van der Waals surface area contributed by atoms with Crippen molar-refractivity contribution in [3.8, 4) is 12.3 Å². The summed E-state index contributed by atoms with van der Waals surface area (Å²) in [6.07, 6.45) is 5.79. The highest BCUT2D eigenvalue weighted by atomic mass is 79.9. The molecule has 1 heterocycles. The number of hydrogen-bond acceptors (Lipinski definition) is 4. The van der Waals surface area contributed by atoms with Crippen LogP contribution >= 0.6 is 27.3 Å². The van der Waals surface area contributed by atoms with Gasteiger partial charge in [0.25, 0.3) is 0 Å². The van der Waals surface area contributed by atoms with Crippen molar-refractivity contribution in [2.45, 2.75) is 18.2 Å². The lowest BCUT2D eigenvalue weighted by molar-refractivity contribution is 0.0702. The summed E-state index contributed by atoms with van der Waals surface area (Å²) in [6.45, 7) is 2.09. The van der Waals surface area contributed by atoms with Crippen LogP contribution in [0.25, 0.3) is 0 Å². The maximum absolute atomic E-state index is 12.4. The molecule has 0 aromatic carbocycles. The van der Waals surface area contributed by atoms with E-state index in [9.17, 15) is 13.2 Å². The van der Waals surface area contributed by atoms with Gasteiger partial charge in [-0.1, -0.05) is 12.8 Å². The second kappa shape index (κ2) is 6.52. The van der Waals surface area contributed by atoms with E-state index >= 15 is 0 Å². The minimum atomic E-state index is -3.78. The Kier molecular flexibility index (Phi) is 5.55. The van der Waals surface area contributed by atoms with E-state index < -0.39 is 16.0 Å². The number of aromatic carboxylic acids is 1. The zero-order chi connectivity index (χ0) is 14.6. The number of halogens is 1. The predicted octanol–water partition coefficient (Wildman–Crippen LogP) is 2.24. The van der Waals surface area contributed by atoms with Gasteiger partial charge in [0.15, 0.2) is 0 Å². The standard InChI is InChI=1S/C11H12BrNO4S2/c1-3-5-13(6-4-2)19(16,17)9-7-8(11(14)15)18-10(9)12/h1,7H,4-6H2,2H3,(H,14,15). The highest BCUT2D eigenvalue weighted by Gasteiger charge is 2.28. The molecule has 104 valence electrons. The molecule has 0 atom stereocenters. The van der Waals surface area contributed by atoms with Gasteiger partial charge in [-0.15, -0.1) is 17.8 Å². The molecule has 1 aromatic heterocycles. The summed E-state index contributed by atoms with van der Waals surface area (Å²) in [7, 11) is -3.78. The Labute approximate surface area is 124 Å². The number of carboxylic acids is 1. The molecule has 19 heavy (non-hydrogen) atoms. The van der Waals surface area contributed by atoms with Crippen LogP contribution in [-0.2, 0) is 10.0 Å². The molecule has 0 aliphatic heterocycles. The first kappa shape index (κ1) is 16.2. The maximum Gasteiger partial charge on any atom is 0.345 e. The molecule has 1 N–H and O–H groups in total. The van der Waals surface area contributed by atoms with Gasteiger partial charge in [-0.3, -0.25) is 0 Å². The van der Waals surface area contributed by atoms with E-state index in [0.29, 0.717) is 6.42 Å². The number of rotatable bonds is 6. The fourth-order valence-corrected chi connectivity index (χ4v) is 5.21. The number of nitrogens with zero attached hydrogens (tertiary/aromatic N) is 1. The van der Waals surface area contributed by atoms with Crippen LogP contribution in [0.15, 0.2) is 14.7 Å². The van der Waals surface area contributed by atoms with Crippen LogP contribution in [0.3, 0.4) is 0 Å². The van der Waals surface area contributed by atoms with Gasteiger partial charge in [-0.05, 0) is 28.4 Å². The van der Waals surface area contributed by atoms with E-state index in [1.807, 2.05) is 6.92 Å². The molecular weight excluding hydrogens is 354 g/mol. The van der Waals surface area contributed by atoms with Gasteiger partial charge < -0.3 is 5.11 Å². The van der Waals surface area contributed by atoms with Crippen LogP contribution in [0, 0.1) is 12.3 Å². The molecule has 0 amide bonds. The lowest BCUT2D eigenvalue weighted by Gasteiger charge is -2.18. The Hall–Kier alpha value is -0.880. The number of terminal acetylenes is 1. The number of thiophene rings is 1. The third kappa shape index (κ3) is 3.57. The Morgan fingerprint density at radius 2 is 2.26 bits per heavy atom. The Morgan fingerprint density at radius 1 is 1.63 bits per heavy atom. The van der Waals surface area contributed by atoms with Crippen molar-refractivity contribution >= 4 is 43.3 Å². The zero-order valence-corrected chi connectivity index (χ0v) is 13.3. The fraction of sp³-hybridized carbons (Fsp3) is 0.364. The van der Waals surface area contributed by atoms with Crippen molar-refractivity contribution in [2.75, 3.05) is 13.1 Å². The van der Waals surface area contributed by atoms with E-state index in [2.05, 4.69) is 21.9 Å². The molecule has 0 radical (unpaired) electrons. The molecule has 0 saturated carbocycles. The van der Waals surface area contributed by atoms with Gasteiger partial charge in [0, 0.05) is 6.54 Å². The molecule has 1 rings (SSSR count). The quantitative estimate of drug-likeness (QED) is 0.784. The lowest BCUT2D eigenvalue weighted by Crippen LogP contribution is -2.32. The predicted molar refractivity (Wildman–Crippen MR) is 76.9 cm³/mol. The summed E-state index contributed by atoms with van der Waals surface area (Å²) in [5.41, 5.74) is 0. The van der Waals surface area contributed by atoms with Gasteiger partial charge in [-0.25, -0.2) is 13.2 Å². The van der Waals surface area contributed by atoms with Crippen molar-refractivity contribution in [1.82, 2.24) is 4.31 Å². The molecule has 0 bridgehead atoms. The van der Waals surface area contributed by atoms with E-state index in [1.54, 1.807) is 0 Å². The number of hydrogen-bond donors (Lipinski definition) is 1. The van der Waals surface area contributed by atoms with E-state index in [1.165, 1.54) is 0 Å². The molecule has 0 fully saturated rings. The molecular formula is C11H12BrNO4S2. The molecule has 0 aliphatic rings. The molecule has 8 heteroatoms. The van der Waals surface area contributed by atoms with Crippen molar-refractivity contribution in [1.29, 1.82) is 0 Å². The van der Waals surface area contributed by atoms with Crippen LogP contribution in [0.5, 0.6) is 0 Å². The van der Waals surface area contributed by atoms with Gasteiger partial charge in [0.1, 0.15) is 9.77 Å². The minimum Gasteiger partial charge on any atom is -0.477 e. The SMILES string of the molecule is C#CCN(CCC)S(=O)(=O)c1cc(C(=O)O)sc1Br. The van der Waals surface area contributed by atoms with Crippen molar-refractivity contribution in [3.05, 3.63) is 14.7 Å². The number of carboxylic acid groups (broad SMARTS) is 1. The normalized spacial score (nSPS) is 11.5. The molecule has 1 aromatic rings. The smallest absolute Gasteiger partial charge is 0.345 e. The van der Waals surface area contributed by atoms with Gasteiger partial charge >= 0.3 is 5.97 Å². The van der Waals surface area contributed by atoms with Gasteiger partial charge in [-0.2, -0.15) is 4.31 Å². The van der Waals surface area contributed by atoms with E-state index in [-0.39, 0.29) is 26.6 Å². The zero-order valence-electron chi connectivity index (χ0n) is 10.1. The number of carbonyl (C=O) groups is 1. The second-order valence-corrected chi connectivity index (χ2v) is 7.87. The minimum absolute atomic E-state index is 0.0393. The summed E-state index contributed by atoms with van der Waals surface area (Å²) in [4.78, 5) is 10.8. The van der Waals surface area contributed by atoms with Crippen molar-refractivity contribution < 1.29 is 18.3 Å². The third-order valence-corrected chi connectivity index (χ3v) is 6.31. The molecule has 0 unspecified atom stereocenters. The van der Waals surface area contributed by atoms with Crippen LogP contribution in [0.1, 0.15) is 23.0 Å². The highest BCUT2D eigenvalue weighted by molar-refractivity contribution is 9.11. The highest BCUT2D eigenvalue weighted by Crippen LogP contribution is 2.33. The summed E-state index contributed by atoms with van der Waals surface area (Å²) in [5, 5.41) is 8.88. The largest absolute Gasteiger partial charge is 0.477 e. The molecule has 5 nitrogen and oxygen atoms in total. The average molecular weight is 366 g/mol. The Morgan fingerprint density at radius 3 is 2.68 bits per heavy atom. The van der Waals surface area contributed by atoms with Crippen LogP contribution in [0.2, 0.25) is 0 Å². The molecule has 0 aliphatic carbocycles. The molecule has 0 saturated heterocycles. The summed E-state index contributed by atoms with van der Waals surface area (Å²) < 4.78 is 26.2. The Bertz CT molecular complexity index is 615. The van der Waals surface area contributed by atoms with E-state index in [0.717, 1.165) is 21.7 Å². The first-order chi connectivity index (χ1) is 8.84. The van der Waals surface area contributed by atoms with Crippen LogP contribution in [-0.4, -0.2) is 36.9 Å². The summed E-state index contributed by atoms with van der Waals surface area (Å²) >= 11 is 3.95. The topological polar surface area (TPSA) is 74.7 Å². The molecule has 0 spiro atoms. The summed E-state index contributed by atoms with van der Waals surface area (Å²) in [6, 6.07) is 1.14. The first-order valence-electron chi connectivity index (χ1n) is 5.30. The Balaban J connectivity index is 3.25. The second-order valence-electron chi connectivity index (χ2n) is 3.60. The van der Waals surface area contributed by atoms with Gasteiger partial charge in [0.05, 0.1) is 10.3 Å². The first-order valence-corrected chi connectivity index (χ1v) is 8.35.